The van der Waals surface area contributed by atoms with E-state index >= 15 is 0 Å². The van der Waals surface area contributed by atoms with Crippen molar-refractivity contribution in [1.82, 2.24) is 15.1 Å². The topological polar surface area (TPSA) is 87.4 Å². The molecule has 7 heteroatoms. The second kappa shape index (κ2) is 6.86. The summed E-state index contributed by atoms with van der Waals surface area (Å²) >= 11 is 6.24. The summed E-state index contributed by atoms with van der Waals surface area (Å²) in [5.41, 5.74) is 1.60. The molecule has 3 rings (SSSR count). The van der Waals surface area contributed by atoms with Gasteiger partial charge in [-0.2, -0.15) is 5.10 Å². The van der Waals surface area contributed by atoms with E-state index in [9.17, 15) is 15.0 Å². The zero-order valence-corrected chi connectivity index (χ0v) is 14.2. The molecule has 2 aromatic carbocycles. The van der Waals surface area contributed by atoms with Gasteiger partial charge >= 0.3 is 0 Å². The predicted molar refractivity (Wildman–Crippen MR) is 95.3 cm³/mol. The van der Waals surface area contributed by atoms with Gasteiger partial charge in [0.2, 0.25) is 0 Å². The van der Waals surface area contributed by atoms with Crippen molar-refractivity contribution in [1.29, 1.82) is 0 Å². The van der Waals surface area contributed by atoms with E-state index in [1.807, 2.05) is 6.07 Å². The molecule has 0 saturated carbocycles. The number of aromatic hydroxyl groups is 2. The third kappa shape index (κ3) is 3.16. The number of aromatic nitrogens is 2. The Balaban J connectivity index is 2.16. The highest BCUT2D eigenvalue weighted by Gasteiger charge is 2.19. The molecule has 0 fully saturated rings. The molecule has 128 valence electrons. The van der Waals surface area contributed by atoms with E-state index in [4.69, 9.17) is 11.6 Å². The van der Waals surface area contributed by atoms with Crippen LogP contribution in [0.25, 0.3) is 16.9 Å². The standard InChI is InChI=1S/C18H16ClN3O3/c1-2-20-18(25)12-9-11(16(23)10-17(12)24)14-7-8-21-22(14)15-6-4-3-5-13(15)19/h3-10,23-24H,2H2,1H3,(H,20,25). The number of hydrogen-bond donors (Lipinski definition) is 3. The van der Waals surface area contributed by atoms with E-state index in [1.165, 1.54) is 6.07 Å². The minimum atomic E-state index is -0.426. The number of phenols is 2. The monoisotopic (exact) mass is 357 g/mol. The largest absolute Gasteiger partial charge is 0.507 e. The van der Waals surface area contributed by atoms with Crippen LogP contribution < -0.4 is 5.32 Å². The van der Waals surface area contributed by atoms with Crippen molar-refractivity contribution in [3.8, 4) is 28.4 Å². The van der Waals surface area contributed by atoms with Gasteiger partial charge in [-0.25, -0.2) is 4.68 Å². The molecule has 0 spiro atoms. The lowest BCUT2D eigenvalue weighted by atomic mass is 10.0. The van der Waals surface area contributed by atoms with Crippen LogP contribution in [0.15, 0.2) is 48.7 Å². The fourth-order valence-electron chi connectivity index (χ4n) is 2.54. The molecule has 0 bridgehead atoms. The Morgan fingerprint density at radius 1 is 1.20 bits per heavy atom. The number of halogens is 1. The quantitative estimate of drug-likeness (QED) is 0.668. The van der Waals surface area contributed by atoms with Gasteiger partial charge < -0.3 is 15.5 Å². The molecule has 3 aromatic rings. The maximum atomic E-state index is 12.1. The molecule has 0 atom stereocenters. The van der Waals surface area contributed by atoms with E-state index < -0.39 is 5.91 Å². The summed E-state index contributed by atoms with van der Waals surface area (Å²) in [5, 5.41) is 27.6. The second-order valence-electron chi connectivity index (χ2n) is 5.33. The Kier molecular flexibility index (Phi) is 4.63. The average Bonchev–Trinajstić information content (AvgIpc) is 3.04. The number of nitrogens with one attached hydrogen (secondary N) is 1. The Bertz CT molecular complexity index is 937. The predicted octanol–water partition coefficient (Wildman–Crippen LogP) is 3.35. The average molecular weight is 358 g/mol. The van der Waals surface area contributed by atoms with Crippen LogP contribution in [0.1, 0.15) is 17.3 Å². The maximum absolute atomic E-state index is 12.1. The number of carbonyl (C=O) groups is 1. The SMILES string of the molecule is CCNC(=O)c1cc(-c2ccnn2-c2ccccc2Cl)c(O)cc1O. The van der Waals surface area contributed by atoms with Gasteiger partial charge in [0.1, 0.15) is 11.5 Å². The van der Waals surface area contributed by atoms with Gasteiger partial charge in [0.05, 0.1) is 28.2 Å². The molecule has 1 heterocycles. The van der Waals surface area contributed by atoms with Crippen LogP contribution in [-0.2, 0) is 0 Å². The summed E-state index contributed by atoms with van der Waals surface area (Å²) in [5.74, 6) is -0.889. The Morgan fingerprint density at radius 3 is 2.68 bits per heavy atom. The maximum Gasteiger partial charge on any atom is 0.255 e. The number of benzene rings is 2. The zero-order chi connectivity index (χ0) is 18.0. The molecular weight excluding hydrogens is 342 g/mol. The van der Waals surface area contributed by atoms with Crippen molar-refractivity contribution >= 4 is 17.5 Å². The minimum Gasteiger partial charge on any atom is -0.507 e. The van der Waals surface area contributed by atoms with Crippen LogP contribution >= 0.6 is 11.6 Å². The molecule has 3 N–H and O–H groups in total. The number of amides is 1. The highest BCUT2D eigenvalue weighted by molar-refractivity contribution is 6.32. The highest BCUT2D eigenvalue weighted by Crippen LogP contribution is 2.36. The van der Waals surface area contributed by atoms with E-state index in [0.717, 1.165) is 6.07 Å². The second-order valence-corrected chi connectivity index (χ2v) is 5.73. The first-order chi connectivity index (χ1) is 12.0. The van der Waals surface area contributed by atoms with Crippen LogP contribution in [0.5, 0.6) is 11.5 Å². The summed E-state index contributed by atoms with van der Waals surface area (Å²) in [6, 6.07) is 11.4. The van der Waals surface area contributed by atoms with Crippen molar-refractivity contribution in [2.45, 2.75) is 6.92 Å². The van der Waals surface area contributed by atoms with E-state index in [2.05, 4.69) is 10.4 Å². The summed E-state index contributed by atoms with van der Waals surface area (Å²) in [6.45, 7) is 2.20. The summed E-state index contributed by atoms with van der Waals surface area (Å²) in [4.78, 5) is 12.1. The lowest BCUT2D eigenvalue weighted by molar-refractivity contribution is 0.0953. The van der Waals surface area contributed by atoms with Crippen LogP contribution in [0.3, 0.4) is 0 Å². The number of rotatable bonds is 4. The third-order valence-electron chi connectivity index (χ3n) is 3.70. The van der Waals surface area contributed by atoms with Gasteiger partial charge in [-0.15, -0.1) is 0 Å². The molecule has 0 aliphatic heterocycles. The number of phenolic OH excluding ortho intramolecular Hbond substituents is 2. The first-order valence-corrected chi connectivity index (χ1v) is 8.04. The summed E-state index contributed by atoms with van der Waals surface area (Å²) in [6.07, 6.45) is 1.57. The lowest BCUT2D eigenvalue weighted by Crippen LogP contribution is -2.22. The van der Waals surface area contributed by atoms with Gasteiger partial charge in [0, 0.05) is 18.2 Å². The smallest absolute Gasteiger partial charge is 0.255 e. The fourth-order valence-corrected chi connectivity index (χ4v) is 2.76. The van der Waals surface area contributed by atoms with Crippen molar-refractivity contribution < 1.29 is 15.0 Å². The normalized spacial score (nSPS) is 10.6. The molecule has 1 aromatic heterocycles. The van der Waals surface area contributed by atoms with Crippen molar-refractivity contribution in [3.05, 3.63) is 59.2 Å². The van der Waals surface area contributed by atoms with Crippen LogP contribution in [0.4, 0.5) is 0 Å². The molecular formula is C18H16ClN3O3. The van der Waals surface area contributed by atoms with Crippen molar-refractivity contribution in [2.24, 2.45) is 0 Å². The van der Waals surface area contributed by atoms with Gasteiger partial charge in [-0.3, -0.25) is 4.79 Å². The van der Waals surface area contributed by atoms with Gasteiger partial charge in [0.15, 0.2) is 0 Å². The van der Waals surface area contributed by atoms with Crippen molar-refractivity contribution in [2.75, 3.05) is 6.54 Å². The van der Waals surface area contributed by atoms with Gasteiger partial charge in [-0.05, 0) is 31.2 Å². The molecule has 0 unspecified atom stereocenters. The Labute approximate surface area is 149 Å². The van der Waals surface area contributed by atoms with Gasteiger partial charge in [-0.1, -0.05) is 23.7 Å². The molecule has 0 aliphatic carbocycles. The summed E-state index contributed by atoms with van der Waals surface area (Å²) in [7, 11) is 0. The summed E-state index contributed by atoms with van der Waals surface area (Å²) < 4.78 is 1.57. The van der Waals surface area contributed by atoms with Crippen LogP contribution in [-0.4, -0.2) is 32.4 Å². The van der Waals surface area contributed by atoms with E-state index in [-0.39, 0.29) is 17.1 Å². The van der Waals surface area contributed by atoms with Crippen LogP contribution in [0, 0.1) is 0 Å². The lowest BCUT2D eigenvalue weighted by Gasteiger charge is -2.13. The minimum absolute atomic E-state index is 0.0709. The fraction of sp³-hybridized carbons (Fsp3) is 0.111. The highest BCUT2D eigenvalue weighted by atomic mass is 35.5. The van der Waals surface area contributed by atoms with E-state index in [1.54, 1.807) is 42.1 Å². The first-order valence-electron chi connectivity index (χ1n) is 7.66. The van der Waals surface area contributed by atoms with Crippen molar-refractivity contribution in [3.63, 3.8) is 0 Å². The molecule has 0 radical (unpaired) electrons. The molecule has 0 aliphatic rings. The Hall–Kier alpha value is -2.99. The Morgan fingerprint density at radius 2 is 1.96 bits per heavy atom. The van der Waals surface area contributed by atoms with Gasteiger partial charge in [0.25, 0.3) is 5.91 Å². The number of carbonyl (C=O) groups excluding carboxylic acids is 1. The molecule has 0 saturated heterocycles. The zero-order valence-electron chi connectivity index (χ0n) is 13.4. The number of nitrogens with zero attached hydrogens (tertiary/aromatic N) is 2. The number of para-hydroxylation sites is 1. The van der Waals surface area contributed by atoms with Crippen LogP contribution in [0.2, 0.25) is 5.02 Å². The first kappa shape index (κ1) is 16.9. The molecule has 6 nitrogen and oxygen atoms in total. The molecule has 1 amide bonds. The number of hydrogen-bond acceptors (Lipinski definition) is 4. The van der Waals surface area contributed by atoms with E-state index in [0.29, 0.717) is 28.5 Å². The molecule has 25 heavy (non-hydrogen) atoms. The third-order valence-corrected chi connectivity index (χ3v) is 4.01.